The lowest BCUT2D eigenvalue weighted by Gasteiger charge is -2.05. The first-order valence-corrected chi connectivity index (χ1v) is 9.45. The Kier molecular flexibility index (Phi) is 3.24. The van der Waals surface area contributed by atoms with E-state index < -0.39 is 9.05 Å². The zero-order chi connectivity index (χ0) is 13.8. The molecule has 9 heteroatoms. The van der Waals surface area contributed by atoms with Gasteiger partial charge in [-0.25, -0.2) is 8.42 Å². The SMILES string of the molecule is Cc1cc(-c2nnc(S(=O)(=O)Cl)n2C2CC2)sc1Br. The number of halogens is 2. The third-order valence-corrected chi connectivity index (χ3v) is 6.13. The lowest BCUT2D eigenvalue weighted by atomic mass is 10.3. The van der Waals surface area contributed by atoms with Crippen molar-refractivity contribution in [3.63, 3.8) is 0 Å². The Labute approximate surface area is 127 Å². The molecule has 0 atom stereocenters. The first-order valence-electron chi connectivity index (χ1n) is 5.54. The van der Waals surface area contributed by atoms with Crippen molar-refractivity contribution < 1.29 is 8.42 Å². The van der Waals surface area contributed by atoms with Crippen molar-refractivity contribution in [1.82, 2.24) is 14.8 Å². The van der Waals surface area contributed by atoms with Crippen LogP contribution >= 0.6 is 37.9 Å². The van der Waals surface area contributed by atoms with E-state index in [0.29, 0.717) is 5.82 Å². The van der Waals surface area contributed by atoms with E-state index in [1.807, 2.05) is 13.0 Å². The van der Waals surface area contributed by atoms with Gasteiger partial charge in [0.2, 0.25) is 0 Å². The first-order chi connectivity index (χ1) is 8.88. The van der Waals surface area contributed by atoms with Crippen LogP contribution in [0.15, 0.2) is 15.0 Å². The Morgan fingerprint density at radius 1 is 1.47 bits per heavy atom. The fraction of sp³-hybridized carbons (Fsp3) is 0.400. The fourth-order valence-electron chi connectivity index (χ4n) is 1.84. The summed E-state index contributed by atoms with van der Waals surface area (Å²) < 4.78 is 25.7. The zero-order valence-corrected chi connectivity index (χ0v) is 13.8. The molecule has 0 N–H and O–H groups in total. The van der Waals surface area contributed by atoms with Crippen molar-refractivity contribution in [3.8, 4) is 10.7 Å². The molecule has 1 saturated carbocycles. The van der Waals surface area contributed by atoms with Gasteiger partial charge in [0, 0.05) is 16.7 Å². The van der Waals surface area contributed by atoms with Crippen molar-refractivity contribution >= 4 is 47.0 Å². The molecule has 0 saturated heterocycles. The maximum absolute atomic E-state index is 11.5. The molecule has 0 spiro atoms. The fourth-order valence-corrected chi connectivity index (χ4v) is 4.28. The zero-order valence-electron chi connectivity index (χ0n) is 9.80. The molecule has 0 aromatic carbocycles. The van der Waals surface area contributed by atoms with Crippen LogP contribution in [0.3, 0.4) is 0 Å². The van der Waals surface area contributed by atoms with Crippen molar-refractivity contribution in [3.05, 3.63) is 15.4 Å². The standard InChI is InChI=1S/C10H9BrClN3O2S2/c1-5-4-7(18-8(5)11)9-13-14-10(19(12,16)17)15(9)6-2-3-6/h4,6H,2-3H2,1H3. The van der Waals surface area contributed by atoms with Crippen LogP contribution < -0.4 is 0 Å². The minimum atomic E-state index is -3.87. The van der Waals surface area contributed by atoms with E-state index in [-0.39, 0.29) is 11.2 Å². The van der Waals surface area contributed by atoms with Crippen LogP contribution in [0.2, 0.25) is 0 Å². The largest absolute Gasteiger partial charge is 0.296 e. The van der Waals surface area contributed by atoms with Gasteiger partial charge in [-0.2, -0.15) is 0 Å². The average Bonchev–Trinajstić information content (AvgIpc) is 2.95. The second-order valence-corrected chi connectivity index (χ2v) is 9.24. The summed E-state index contributed by atoms with van der Waals surface area (Å²) in [5.74, 6) is 0.570. The minimum Gasteiger partial charge on any atom is -0.293 e. The number of rotatable bonds is 3. The quantitative estimate of drug-likeness (QED) is 0.764. The third-order valence-electron chi connectivity index (χ3n) is 2.87. The second kappa shape index (κ2) is 4.54. The summed E-state index contributed by atoms with van der Waals surface area (Å²) in [5, 5.41) is 7.60. The molecule has 0 unspecified atom stereocenters. The summed E-state index contributed by atoms with van der Waals surface area (Å²) in [6.45, 7) is 1.97. The van der Waals surface area contributed by atoms with E-state index in [4.69, 9.17) is 10.7 Å². The Morgan fingerprint density at radius 2 is 2.16 bits per heavy atom. The molecule has 3 rings (SSSR count). The van der Waals surface area contributed by atoms with E-state index in [1.165, 1.54) is 11.3 Å². The van der Waals surface area contributed by atoms with E-state index >= 15 is 0 Å². The van der Waals surface area contributed by atoms with Crippen LogP contribution in [-0.2, 0) is 9.05 Å². The predicted molar refractivity (Wildman–Crippen MR) is 77.1 cm³/mol. The van der Waals surface area contributed by atoms with Crippen molar-refractivity contribution in [2.75, 3.05) is 0 Å². The number of hydrogen-bond acceptors (Lipinski definition) is 5. The van der Waals surface area contributed by atoms with E-state index in [0.717, 1.165) is 27.1 Å². The van der Waals surface area contributed by atoms with Gasteiger partial charge in [-0.05, 0) is 47.3 Å². The highest BCUT2D eigenvalue weighted by Gasteiger charge is 2.34. The van der Waals surface area contributed by atoms with Crippen LogP contribution in [0.4, 0.5) is 0 Å². The lowest BCUT2D eigenvalue weighted by molar-refractivity contribution is 0.579. The monoisotopic (exact) mass is 381 g/mol. The molecule has 1 aliphatic carbocycles. The van der Waals surface area contributed by atoms with E-state index in [1.54, 1.807) is 4.57 Å². The van der Waals surface area contributed by atoms with Gasteiger partial charge in [0.15, 0.2) is 5.82 Å². The Bertz CT molecular complexity index is 729. The molecular weight excluding hydrogens is 374 g/mol. The van der Waals surface area contributed by atoms with Crippen molar-refractivity contribution in [2.45, 2.75) is 31.0 Å². The van der Waals surface area contributed by atoms with Crippen molar-refractivity contribution in [2.24, 2.45) is 0 Å². The molecule has 0 amide bonds. The van der Waals surface area contributed by atoms with Gasteiger partial charge in [0.25, 0.3) is 14.2 Å². The number of aromatic nitrogens is 3. The highest BCUT2D eigenvalue weighted by molar-refractivity contribution is 9.11. The molecule has 0 aliphatic heterocycles. The van der Waals surface area contributed by atoms with E-state index in [9.17, 15) is 8.42 Å². The molecule has 2 heterocycles. The molecule has 5 nitrogen and oxygen atoms in total. The number of nitrogens with zero attached hydrogens (tertiary/aromatic N) is 3. The van der Waals surface area contributed by atoms with Gasteiger partial charge in [-0.3, -0.25) is 4.57 Å². The van der Waals surface area contributed by atoms with Crippen LogP contribution in [0.5, 0.6) is 0 Å². The van der Waals surface area contributed by atoms with Gasteiger partial charge in [0.1, 0.15) is 0 Å². The maximum atomic E-state index is 11.5. The molecule has 2 aromatic rings. The summed E-state index contributed by atoms with van der Waals surface area (Å²) in [7, 11) is 1.54. The summed E-state index contributed by atoms with van der Waals surface area (Å²) in [6.07, 6.45) is 1.85. The smallest absolute Gasteiger partial charge is 0.293 e. The summed E-state index contributed by atoms with van der Waals surface area (Å²) >= 11 is 4.96. The molecule has 1 aliphatic rings. The molecule has 102 valence electrons. The molecule has 0 bridgehead atoms. The average molecular weight is 383 g/mol. The topological polar surface area (TPSA) is 64.8 Å². The molecule has 2 aromatic heterocycles. The molecular formula is C10H9BrClN3O2S2. The number of aryl methyl sites for hydroxylation is 1. The third kappa shape index (κ3) is 2.46. The normalized spacial score (nSPS) is 15.9. The van der Waals surface area contributed by atoms with Crippen LogP contribution in [-0.4, -0.2) is 23.2 Å². The molecule has 19 heavy (non-hydrogen) atoms. The maximum Gasteiger partial charge on any atom is 0.296 e. The van der Waals surface area contributed by atoms with Crippen molar-refractivity contribution in [1.29, 1.82) is 0 Å². The summed E-state index contributed by atoms with van der Waals surface area (Å²) in [6, 6.07) is 2.09. The van der Waals surface area contributed by atoms with E-state index in [2.05, 4.69) is 26.1 Å². The summed E-state index contributed by atoms with van der Waals surface area (Å²) in [5.41, 5.74) is 1.08. The lowest BCUT2D eigenvalue weighted by Crippen LogP contribution is -2.05. The highest BCUT2D eigenvalue weighted by Crippen LogP contribution is 2.42. The highest BCUT2D eigenvalue weighted by atomic mass is 79.9. The van der Waals surface area contributed by atoms with Crippen LogP contribution in [0, 0.1) is 6.92 Å². The molecule has 1 fully saturated rings. The van der Waals surface area contributed by atoms with Gasteiger partial charge < -0.3 is 0 Å². The molecule has 0 radical (unpaired) electrons. The van der Waals surface area contributed by atoms with Gasteiger partial charge in [-0.1, -0.05) is 0 Å². The number of thiophene rings is 1. The minimum absolute atomic E-state index is 0.134. The Balaban J connectivity index is 2.19. The van der Waals surface area contributed by atoms with Crippen LogP contribution in [0.25, 0.3) is 10.7 Å². The Hall–Kier alpha value is -0.440. The van der Waals surface area contributed by atoms with Gasteiger partial charge >= 0.3 is 0 Å². The van der Waals surface area contributed by atoms with Crippen LogP contribution in [0.1, 0.15) is 24.4 Å². The number of hydrogen-bond donors (Lipinski definition) is 0. The van der Waals surface area contributed by atoms with Gasteiger partial charge in [0.05, 0.1) is 8.66 Å². The second-order valence-electron chi connectivity index (χ2n) is 4.41. The summed E-state index contributed by atoms with van der Waals surface area (Å²) in [4.78, 5) is 0.885. The first kappa shape index (κ1) is 13.5. The Morgan fingerprint density at radius 3 is 2.63 bits per heavy atom. The van der Waals surface area contributed by atoms with Gasteiger partial charge in [-0.15, -0.1) is 21.5 Å². The predicted octanol–water partition coefficient (Wildman–Crippen LogP) is 3.34.